The van der Waals surface area contributed by atoms with Gasteiger partial charge >= 0.3 is 0 Å². The maximum atomic E-state index is 5.60. The second-order valence-electron chi connectivity index (χ2n) is 5.17. The van der Waals surface area contributed by atoms with Gasteiger partial charge in [0.1, 0.15) is 0 Å². The van der Waals surface area contributed by atoms with Gasteiger partial charge in [-0.25, -0.2) is 0 Å². The highest BCUT2D eigenvalue weighted by molar-refractivity contribution is 5.44. The first-order valence-electron chi connectivity index (χ1n) is 7.33. The second-order valence-corrected chi connectivity index (χ2v) is 5.17. The van der Waals surface area contributed by atoms with Gasteiger partial charge in [-0.05, 0) is 43.4 Å². The van der Waals surface area contributed by atoms with Crippen molar-refractivity contribution in [1.82, 2.24) is 0 Å². The molecule has 1 heterocycles. The third-order valence-corrected chi connectivity index (χ3v) is 3.58. The van der Waals surface area contributed by atoms with E-state index in [1.165, 1.54) is 49.8 Å². The fourth-order valence-electron chi connectivity index (χ4n) is 2.41. The van der Waals surface area contributed by atoms with E-state index in [2.05, 4.69) is 36.5 Å². The van der Waals surface area contributed by atoms with Crippen molar-refractivity contribution in [2.45, 2.75) is 51.6 Å². The molecule has 1 atom stereocenters. The van der Waals surface area contributed by atoms with Crippen LogP contribution in [0.5, 0.6) is 0 Å². The summed E-state index contributed by atoms with van der Waals surface area (Å²) >= 11 is 0. The summed E-state index contributed by atoms with van der Waals surface area (Å²) in [4.78, 5) is 0. The molecule has 1 aromatic carbocycles. The molecule has 2 nitrogen and oxygen atoms in total. The monoisotopic (exact) mass is 247 g/mol. The molecule has 2 heteroatoms. The highest BCUT2D eigenvalue weighted by Crippen LogP contribution is 2.15. The minimum Gasteiger partial charge on any atom is -0.382 e. The lowest BCUT2D eigenvalue weighted by Crippen LogP contribution is -2.18. The van der Waals surface area contributed by atoms with Crippen molar-refractivity contribution in [2.24, 2.45) is 0 Å². The summed E-state index contributed by atoms with van der Waals surface area (Å²) in [5.74, 6) is 0. The Bertz CT molecular complexity index is 327. The number of hydrogen-bond acceptors (Lipinski definition) is 2. The van der Waals surface area contributed by atoms with Crippen LogP contribution < -0.4 is 5.32 Å². The van der Waals surface area contributed by atoms with Gasteiger partial charge in [0.25, 0.3) is 0 Å². The molecule has 1 aliphatic heterocycles. The Morgan fingerprint density at radius 2 is 2.06 bits per heavy atom. The quantitative estimate of drug-likeness (QED) is 0.735. The zero-order chi connectivity index (χ0) is 12.6. The summed E-state index contributed by atoms with van der Waals surface area (Å²) in [5.41, 5.74) is 2.66. The molecule has 1 saturated heterocycles. The third-order valence-electron chi connectivity index (χ3n) is 3.58. The molecule has 1 fully saturated rings. The second kappa shape index (κ2) is 7.42. The Morgan fingerprint density at radius 3 is 2.72 bits per heavy atom. The summed E-state index contributed by atoms with van der Waals surface area (Å²) in [5, 5.41) is 3.46. The molecule has 1 aromatic rings. The zero-order valence-electron chi connectivity index (χ0n) is 11.5. The van der Waals surface area contributed by atoms with Crippen LogP contribution in [0.25, 0.3) is 0 Å². The van der Waals surface area contributed by atoms with Crippen molar-refractivity contribution in [3.05, 3.63) is 29.8 Å². The number of anilines is 1. The zero-order valence-corrected chi connectivity index (χ0v) is 11.5. The summed E-state index contributed by atoms with van der Waals surface area (Å²) in [6, 6.07) is 8.87. The van der Waals surface area contributed by atoms with Crippen molar-refractivity contribution < 1.29 is 4.74 Å². The van der Waals surface area contributed by atoms with Crippen molar-refractivity contribution in [3.63, 3.8) is 0 Å². The molecule has 18 heavy (non-hydrogen) atoms. The Kier molecular flexibility index (Phi) is 5.53. The standard InChI is InChI=1S/C16H25NO/c1-2-3-4-6-14-8-10-15(11-9-14)17-13-16-7-5-12-18-16/h8-11,16-17H,2-7,12-13H2,1H3. The molecule has 100 valence electrons. The molecule has 0 radical (unpaired) electrons. The maximum Gasteiger partial charge on any atom is 0.0748 e. The summed E-state index contributed by atoms with van der Waals surface area (Å²) in [6.45, 7) is 4.12. The van der Waals surface area contributed by atoms with Gasteiger partial charge in [0.05, 0.1) is 6.10 Å². The average Bonchev–Trinajstić information content (AvgIpc) is 2.91. The van der Waals surface area contributed by atoms with Gasteiger partial charge in [-0.15, -0.1) is 0 Å². The molecule has 0 saturated carbocycles. The highest BCUT2D eigenvalue weighted by atomic mass is 16.5. The minimum absolute atomic E-state index is 0.411. The van der Waals surface area contributed by atoms with Crippen LogP contribution in [-0.4, -0.2) is 19.3 Å². The summed E-state index contributed by atoms with van der Waals surface area (Å²) in [6.07, 6.45) is 7.96. The lowest BCUT2D eigenvalue weighted by atomic mass is 10.1. The molecule has 0 bridgehead atoms. The maximum absolute atomic E-state index is 5.60. The van der Waals surface area contributed by atoms with Crippen molar-refractivity contribution in [1.29, 1.82) is 0 Å². The fraction of sp³-hybridized carbons (Fsp3) is 0.625. The number of hydrogen-bond donors (Lipinski definition) is 1. The first kappa shape index (κ1) is 13.4. The first-order valence-corrected chi connectivity index (χ1v) is 7.33. The van der Waals surface area contributed by atoms with Crippen LogP contribution in [0, 0.1) is 0 Å². The number of rotatable bonds is 7. The number of aryl methyl sites for hydroxylation is 1. The molecule has 1 aliphatic rings. The van der Waals surface area contributed by atoms with Crippen molar-refractivity contribution >= 4 is 5.69 Å². The Balaban J connectivity index is 1.72. The van der Waals surface area contributed by atoms with Crippen LogP contribution in [-0.2, 0) is 11.2 Å². The van der Waals surface area contributed by atoms with E-state index in [4.69, 9.17) is 4.74 Å². The van der Waals surface area contributed by atoms with Crippen LogP contribution in [0.2, 0.25) is 0 Å². The van der Waals surface area contributed by atoms with E-state index < -0.39 is 0 Å². The predicted octanol–water partition coefficient (Wildman–Crippen LogP) is 4.01. The van der Waals surface area contributed by atoms with Crippen molar-refractivity contribution in [2.75, 3.05) is 18.5 Å². The summed E-state index contributed by atoms with van der Waals surface area (Å²) < 4.78 is 5.60. The van der Waals surface area contributed by atoms with Crippen molar-refractivity contribution in [3.8, 4) is 0 Å². The Morgan fingerprint density at radius 1 is 1.22 bits per heavy atom. The van der Waals surface area contributed by atoms with E-state index in [0.29, 0.717) is 6.10 Å². The van der Waals surface area contributed by atoms with Gasteiger partial charge in [-0.1, -0.05) is 31.9 Å². The number of ether oxygens (including phenoxy) is 1. The molecule has 0 amide bonds. The van der Waals surface area contributed by atoms with E-state index in [0.717, 1.165) is 13.2 Å². The minimum atomic E-state index is 0.411. The van der Waals surface area contributed by atoms with Gasteiger partial charge in [-0.2, -0.15) is 0 Å². The molecule has 0 aromatic heterocycles. The molecule has 0 spiro atoms. The topological polar surface area (TPSA) is 21.3 Å². The largest absolute Gasteiger partial charge is 0.382 e. The average molecular weight is 247 g/mol. The molecular weight excluding hydrogens is 222 g/mol. The van der Waals surface area contributed by atoms with Crippen LogP contribution in [0.3, 0.4) is 0 Å². The molecule has 1 unspecified atom stereocenters. The van der Waals surface area contributed by atoms with Crippen LogP contribution in [0.1, 0.15) is 44.6 Å². The SMILES string of the molecule is CCCCCc1ccc(NCC2CCCO2)cc1. The number of benzene rings is 1. The lowest BCUT2D eigenvalue weighted by molar-refractivity contribution is 0.120. The van der Waals surface area contributed by atoms with E-state index in [1.54, 1.807) is 0 Å². The molecule has 1 N–H and O–H groups in total. The smallest absolute Gasteiger partial charge is 0.0748 e. The van der Waals surface area contributed by atoms with Gasteiger partial charge in [0.15, 0.2) is 0 Å². The van der Waals surface area contributed by atoms with Gasteiger partial charge in [0, 0.05) is 18.8 Å². The van der Waals surface area contributed by atoms with Gasteiger partial charge in [-0.3, -0.25) is 0 Å². The Hall–Kier alpha value is -1.02. The third kappa shape index (κ3) is 4.34. The fourth-order valence-corrected chi connectivity index (χ4v) is 2.41. The van der Waals surface area contributed by atoms with E-state index in [-0.39, 0.29) is 0 Å². The number of nitrogens with one attached hydrogen (secondary N) is 1. The molecule has 0 aliphatic carbocycles. The Labute approximate surface area is 111 Å². The number of unbranched alkanes of at least 4 members (excludes halogenated alkanes) is 2. The van der Waals surface area contributed by atoms with E-state index >= 15 is 0 Å². The molecular formula is C16H25NO. The lowest BCUT2D eigenvalue weighted by Gasteiger charge is -2.12. The first-order chi connectivity index (χ1) is 8.88. The highest BCUT2D eigenvalue weighted by Gasteiger charge is 2.14. The molecule has 2 rings (SSSR count). The van der Waals surface area contributed by atoms with Gasteiger partial charge in [0.2, 0.25) is 0 Å². The van der Waals surface area contributed by atoms with Crippen LogP contribution in [0.15, 0.2) is 24.3 Å². The van der Waals surface area contributed by atoms with Crippen LogP contribution >= 0.6 is 0 Å². The normalized spacial score (nSPS) is 19.1. The van der Waals surface area contributed by atoms with E-state index in [9.17, 15) is 0 Å². The summed E-state index contributed by atoms with van der Waals surface area (Å²) in [7, 11) is 0. The van der Waals surface area contributed by atoms with Gasteiger partial charge < -0.3 is 10.1 Å². The predicted molar refractivity (Wildman–Crippen MR) is 77.1 cm³/mol. The van der Waals surface area contributed by atoms with E-state index in [1.807, 2.05) is 0 Å². The van der Waals surface area contributed by atoms with Crippen LogP contribution in [0.4, 0.5) is 5.69 Å².